The van der Waals surface area contributed by atoms with E-state index in [1.165, 1.54) is 5.56 Å². The highest BCUT2D eigenvalue weighted by Gasteiger charge is 2.06. The fourth-order valence-corrected chi connectivity index (χ4v) is 1.82. The lowest BCUT2D eigenvalue weighted by molar-refractivity contribution is -0.143. The maximum Gasteiger partial charge on any atom is 0.306 e. The first-order chi connectivity index (χ1) is 8.21. The van der Waals surface area contributed by atoms with Crippen molar-refractivity contribution in [2.24, 2.45) is 0 Å². The van der Waals surface area contributed by atoms with Gasteiger partial charge in [-0.25, -0.2) is 0 Å². The lowest BCUT2D eigenvalue weighted by Gasteiger charge is -2.09. The van der Waals surface area contributed by atoms with E-state index in [9.17, 15) is 4.79 Å². The molecule has 1 rings (SSSR count). The fraction of sp³-hybridized carbons (Fsp3) is 0.500. The van der Waals surface area contributed by atoms with E-state index < -0.39 is 0 Å². The summed E-state index contributed by atoms with van der Waals surface area (Å²) >= 11 is 0. The van der Waals surface area contributed by atoms with Gasteiger partial charge in [0.2, 0.25) is 0 Å². The Morgan fingerprint density at radius 1 is 1.29 bits per heavy atom. The Balaban J connectivity index is 2.67. The molecule has 0 aromatic heterocycles. The van der Waals surface area contributed by atoms with E-state index in [-0.39, 0.29) is 12.6 Å². The largest absolute Gasteiger partial charge is 0.466 e. The van der Waals surface area contributed by atoms with E-state index in [4.69, 9.17) is 9.84 Å². The van der Waals surface area contributed by atoms with Crippen LogP contribution in [0.3, 0.4) is 0 Å². The topological polar surface area (TPSA) is 46.5 Å². The normalized spacial score (nSPS) is 10.3. The zero-order valence-electron chi connectivity index (χ0n) is 10.5. The molecule has 0 aliphatic carbocycles. The van der Waals surface area contributed by atoms with Crippen molar-refractivity contribution in [2.75, 3.05) is 6.61 Å². The SMILES string of the molecule is CCOC(=O)CCc1ccc(CO)cc1CC. The first-order valence-electron chi connectivity index (χ1n) is 6.08. The van der Waals surface area contributed by atoms with Crippen LogP contribution in [-0.4, -0.2) is 17.7 Å². The minimum Gasteiger partial charge on any atom is -0.466 e. The molecule has 0 aliphatic heterocycles. The highest BCUT2D eigenvalue weighted by Crippen LogP contribution is 2.15. The number of rotatable bonds is 6. The Morgan fingerprint density at radius 2 is 2.06 bits per heavy atom. The van der Waals surface area contributed by atoms with Crippen LogP contribution in [0.25, 0.3) is 0 Å². The lowest BCUT2D eigenvalue weighted by Crippen LogP contribution is -2.06. The van der Waals surface area contributed by atoms with Crippen LogP contribution in [0.15, 0.2) is 18.2 Å². The second-order valence-corrected chi connectivity index (χ2v) is 3.92. The predicted molar refractivity (Wildman–Crippen MR) is 66.7 cm³/mol. The summed E-state index contributed by atoms with van der Waals surface area (Å²) in [7, 11) is 0. The van der Waals surface area contributed by atoms with Crippen LogP contribution >= 0.6 is 0 Å². The smallest absolute Gasteiger partial charge is 0.306 e. The monoisotopic (exact) mass is 236 g/mol. The summed E-state index contributed by atoms with van der Waals surface area (Å²) in [6.07, 6.45) is 2.03. The van der Waals surface area contributed by atoms with Gasteiger partial charge >= 0.3 is 5.97 Å². The maximum absolute atomic E-state index is 11.3. The van der Waals surface area contributed by atoms with E-state index in [1.807, 2.05) is 25.1 Å². The molecule has 3 nitrogen and oxygen atoms in total. The van der Waals surface area contributed by atoms with Gasteiger partial charge < -0.3 is 9.84 Å². The van der Waals surface area contributed by atoms with Crippen molar-refractivity contribution in [2.45, 2.75) is 39.7 Å². The van der Waals surface area contributed by atoms with Crippen LogP contribution < -0.4 is 0 Å². The third kappa shape index (κ3) is 4.19. The molecule has 0 unspecified atom stereocenters. The number of carbonyl (C=O) groups is 1. The first kappa shape index (κ1) is 13.7. The van der Waals surface area contributed by atoms with Crippen molar-refractivity contribution in [3.63, 3.8) is 0 Å². The van der Waals surface area contributed by atoms with Crippen molar-refractivity contribution < 1.29 is 14.6 Å². The zero-order chi connectivity index (χ0) is 12.7. The summed E-state index contributed by atoms with van der Waals surface area (Å²) in [6.45, 7) is 4.38. The van der Waals surface area contributed by atoms with Crippen LogP contribution in [0.5, 0.6) is 0 Å². The number of esters is 1. The van der Waals surface area contributed by atoms with E-state index in [2.05, 4.69) is 6.92 Å². The van der Waals surface area contributed by atoms with E-state index in [0.29, 0.717) is 19.4 Å². The van der Waals surface area contributed by atoms with Gasteiger partial charge in [-0.05, 0) is 36.5 Å². The Kier molecular flexibility index (Phi) is 5.70. The number of ether oxygens (including phenoxy) is 1. The second-order valence-electron chi connectivity index (χ2n) is 3.92. The average molecular weight is 236 g/mol. The summed E-state index contributed by atoms with van der Waals surface area (Å²) in [5, 5.41) is 9.06. The number of aliphatic hydroxyl groups is 1. The van der Waals surface area contributed by atoms with Gasteiger partial charge in [-0.3, -0.25) is 4.79 Å². The van der Waals surface area contributed by atoms with Gasteiger partial charge in [0.15, 0.2) is 0 Å². The van der Waals surface area contributed by atoms with Crippen LogP contribution in [0.2, 0.25) is 0 Å². The molecule has 1 aromatic rings. The molecule has 94 valence electrons. The minimum atomic E-state index is -0.152. The van der Waals surface area contributed by atoms with Crippen LogP contribution in [-0.2, 0) is 29.0 Å². The standard InChI is InChI=1S/C14H20O3/c1-3-12-9-11(10-15)5-6-13(12)7-8-14(16)17-4-2/h5-6,9,15H,3-4,7-8,10H2,1-2H3. The van der Waals surface area contributed by atoms with Crippen molar-refractivity contribution in [3.8, 4) is 0 Å². The highest BCUT2D eigenvalue weighted by atomic mass is 16.5. The maximum atomic E-state index is 11.3. The predicted octanol–water partition coefficient (Wildman–Crippen LogP) is 2.24. The third-order valence-corrected chi connectivity index (χ3v) is 2.74. The number of aliphatic hydroxyl groups excluding tert-OH is 1. The Labute approximate surface area is 102 Å². The summed E-state index contributed by atoms with van der Waals surface area (Å²) in [6, 6.07) is 5.89. The molecule has 3 heteroatoms. The molecule has 0 saturated heterocycles. The van der Waals surface area contributed by atoms with E-state index in [0.717, 1.165) is 17.5 Å². The average Bonchev–Trinajstić information content (AvgIpc) is 2.36. The molecule has 1 aromatic carbocycles. The van der Waals surface area contributed by atoms with Crippen LogP contribution in [0, 0.1) is 0 Å². The second kappa shape index (κ2) is 7.07. The summed E-state index contributed by atoms with van der Waals surface area (Å²) in [5.41, 5.74) is 3.28. The highest BCUT2D eigenvalue weighted by molar-refractivity contribution is 5.69. The van der Waals surface area contributed by atoms with Gasteiger partial charge in [-0.1, -0.05) is 25.1 Å². The number of benzene rings is 1. The molecular formula is C14H20O3. The van der Waals surface area contributed by atoms with Crippen LogP contribution in [0.1, 0.15) is 37.0 Å². The molecular weight excluding hydrogens is 216 g/mol. The molecule has 0 fully saturated rings. The quantitative estimate of drug-likeness (QED) is 0.770. The van der Waals surface area contributed by atoms with Gasteiger partial charge in [0.05, 0.1) is 13.2 Å². The fourth-order valence-electron chi connectivity index (χ4n) is 1.82. The summed E-state index contributed by atoms with van der Waals surface area (Å²) in [4.78, 5) is 11.3. The molecule has 0 bridgehead atoms. The van der Waals surface area contributed by atoms with Crippen molar-refractivity contribution in [1.82, 2.24) is 0 Å². The molecule has 1 N–H and O–H groups in total. The first-order valence-corrected chi connectivity index (χ1v) is 6.08. The van der Waals surface area contributed by atoms with Gasteiger partial charge in [0, 0.05) is 6.42 Å². The number of hydrogen-bond donors (Lipinski definition) is 1. The van der Waals surface area contributed by atoms with E-state index in [1.54, 1.807) is 0 Å². The van der Waals surface area contributed by atoms with Gasteiger partial charge in [0.1, 0.15) is 0 Å². The molecule has 0 amide bonds. The molecule has 0 spiro atoms. The van der Waals surface area contributed by atoms with Crippen molar-refractivity contribution >= 4 is 5.97 Å². The third-order valence-electron chi connectivity index (χ3n) is 2.74. The molecule has 0 radical (unpaired) electrons. The van der Waals surface area contributed by atoms with Gasteiger partial charge in [-0.2, -0.15) is 0 Å². The Bertz CT molecular complexity index is 372. The molecule has 0 aliphatic rings. The van der Waals surface area contributed by atoms with Gasteiger partial charge in [0.25, 0.3) is 0 Å². The molecule has 17 heavy (non-hydrogen) atoms. The minimum absolute atomic E-state index is 0.0607. The Hall–Kier alpha value is -1.35. The zero-order valence-corrected chi connectivity index (χ0v) is 10.5. The number of carbonyl (C=O) groups excluding carboxylic acids is 1. The molecule has 0 heterocycles. The van der Waals surface area contributed by atoms with E-state index >= 15 is 0 Å². The van der Waals surface area contributed by atoms with Crippen molar-refractivity contribution in [1.29, 1.82) is 0 Å². The molecule has 0 saturated carbocycles. The van der Waals surface area contributed by atoms with Crippen molar-refractivity contribution in [3.05, 3.63) is 34.9 Å². The summed E-state index contributed by atoms with van der Waals surface area (Å²) in [5.74, 6) is -0.152. The Morgan fingerprint density at radius 3 is 2.65 bits per heavy atom. The summed E-state index contributed by atoms with van der Waals surface area (Å²) < 4.78 is 4.90. The lowest BCUT2D eigenvalue weighted by atomic mass is 9.98. The number of hydrogen-bond acceptors (Lipinski definition) is 3. The van der Waals surface area contributed by atoms with Crippen LogP contribution in [0.4, 0.5) is 0 Å². The molecule has 0 atom stereocenters. The number of aryl methyl sites for hydroxylation is 2. The van der Waals surface area contributed by atoms with Gasteiger partial charge in [-0.15, -0.1) is 0 Å².